The van der Waals surface area contributed by atoms with Crippen LogP contribution < -0.4 is 10.6 Å². The molecule has 92 valence electrons. The van der Waals surface area contributed by atoms with Gasteiger partial charge in [0.05, 0.1) is 0 Å². The standard InChI is InChI=1S/C15H17N3/c1-11-9-14(18-15-13(11)7-8-16-15)17-10-12-5-3-2-4-6-12/h2-6,9H,7-8,10H2,1H3,(H2,16,17,18). The van der Waals surface area contributed by atoms with Gasteiger partial charge in [-0.3, -0.25) is 0 Å². The lowest BCUT2D eigenvalue weighted by atomic mass is 10.1. The fourth-order valence-electron chi connectivity index (χ4n) is 2.35. The van der Waals surface area contributed by atoms with Crippen molar-refractivity contribution in [1.82, 2.24) is 4.98 Å². The van der Waals surface area contributed by atoms with E-state index in [0.29, 0.717) is 0 Å². The van der Waals surface area contributed by atoms with Crippen LogP contribution in [0.3, 0.4) is 0 Å². The summed E-state index contributed by atoms with van der Waals surface area (Å²) >= 11 is 0. The van der Waals surface area contributed by atoms with Gasteiger partial charge in [0.2, 0.25) is 0 Å². The molecule has 0 saturated carbocycles. The Balaban J connectivity index is 1.76. The van der Waals surface area contributed by atoms with E-state index in [0.717, 1.165) is 31.1 Å². The van der Waals surface area contributed by atoms with E-state index < -0.39 is 0 Å². The molecule has 3 nitrogen and oxygen atoms in total. The highest BCUT2D eigenvalue weighted by molar-refractivity contribution is 5.58. The molecule has 1 aliphatic heterocycles. The summed E-state index contributed by atoms with van der Waals surface area (Å²) < 4.78 is 0. The third-order valence-corrected chi connectivity index (χ3v) is 3.33. The quantitative estimate of drug-likeness (QED) is 0.864. The maximum Gasteiger partial charge on any atom is 0.131 e. The van der Waals surface area contributed by atoms with Crippen LogP contribution in [-0.4, -0.2) is 11.5 Å². The average Bonchev–Trinajstić information content (AvgIpc) is 2.86. The Hall–Kier alpha value is -2.03. The van der Waals surface area contributed by atoms with Crippen LogP contribution in [0.4, 0.5) is 11.6 Å². The second-order valence-corrected chi connectivity index (χ2v) is 4.67. The van der Waals surface area contributed by atoms with E-state index in [4.69, 9.17) is 0 Å². The smallest absolute Gasteiger partial charge is 0.131 e. The highest BCUT2D eigenvalue weighted by atomic mass is 15.1. The molecule has 1 aliphatic rings. The van der Waals surface area contributed by atoms with Crippen LogP contribution in [0, 0.1) is 6.92 Å². The second-order valence-electron chi connectivity index (χ2n) is 4.67. The number of nitrogens with zero attached hydrogens (tertiary/aromatic N) is 1. The van der Waals surface area contributed by atoms with Gasteiger partial charge >= 0.3 is 0 Å². The molecule has 0 bridgehead atoms. The van der Waals surface area contributed by atoms with Crippen molar-refractivity contribution < 1.29 is 0 Å². The highest BCUT2D eigenvalue weighted by Gasteiger charge is 2.14. The largest absolute Gasteiger partial charge is 0.369 e. The van der Waals surface area contributed by atoms with Gasteiger partial charge in [-0.2, -0.15) is 0 Å². The van der Waals surface area contributed by atoms with Crippen molar-refractivity contribution in [3.8, 4) is 0 Å². The summed E-state index contributed by atoms with van der Waals surface area (Å²) in [6.07, 6.45) is 1.09. The van der Waals surface area contributed by atoms with Gasteiger partial charge < -0.3 is 10.6 Å². The van der Waals surface area contributed by atoms with E-state index in [2.05, 4.69) is 52.9 Å². The number of aromatic nitrogens is 1. The molecule has 2 aromatic rings. The highest BCUT2D eigenvalue weighted by Crippen LogP contribution is 2.25. The summed E-state index contributed by atoms with van der Waals surface area (Å²) in [5.74, 6) is 2.00. The number of aryl methyl sites for hydroxylation is 1. The van der Waals surface area contributed by atoms with Crippen molar-refractivity contribution in [2.75, 3.05) is 17.2 Å². The molecular formula is C15H17N3. The van der Waals surface area contributed by atoms with Crippen LogP contribution in [0.5, 0.6) is 0 Å². The molecular weight excluding hydrogens is 222 g/mol. The monoisotopic (exact) mass is 239 g/mol. The molecule has 1 aromatic carbocycles. The third-order valence-electron chi connectivity index (χ3n) is 3.33. The zero-order valence-electron chi connectivity index (χ0n) is 10.5. The lowest BCUT2D eigenvalue weighted by molar-refractivity contribution is 1.08. The molecule has 0 aliphatic carbocycles. The van der Waals surface area contributed by atoms with Crippen LogP contribution in [0.1, 0.15) is 16.7 Å². The second kappa shape index (κ2) is 4.69. The fourth-order valence-corrected chi connectivity index (χ4v) is 2.35. The molecule has 3 heteroatoms. The SMILES string of the molecule is Cc1cc(NCc2ccccc2)nc2c1CCN2. The minimum absolute atomic E-state index is 0.812. The van der Waals surface area contributed by atoms with Crippen molar-refractivity contribution >= 4 is 11.6 Å². The predicted molar refractivity (Wildman–Crippen MR) is 74.9 cm³/mol. The number of hydrogen-bond donors (Lipinski definition) is 2. The number of fused-ring (bicyclic) bond motifs is 1. The molecule has 0 atom stereocenters. The molecule has 0 radical (unpaired) electrons. The normalized spacial score (nSPS) is 12.9. The number of rotatable bonds is 3. The predicted octanol–water partition coefficient (Wildman–Crippen LogP) is 2.97. The molecule has 2 N–H and O–H groups in total. The van der Waals surface area contributed by atoms with Crippen molar-refractivity contribution in [3.63, 3.8) is 0 Å². The van der Waals surface area contributed by atoms with Crippen molar-refractivity contribution in [3.05, 3.63) is 53.1 Å². The topological polar surface area (TPSA) is 37.0 Å². The van der Waals surface area contributed by atoms with Gasteiger partial charge in [-0.05, 0) is 36.1 Å². The molecule has 2 heterocycles. The molecule has 3 rings (SSSR count). The van der Waals surface area contributed by atoms with E-state index in [9.17, 15) is 0 Å². The van der Waals surface area contributed by atoms with Crippen LogP contribution >= 0.6 is 0 Å². The summed E-state index contributed by atoms with van der Waals surface area (Å²) in [7, 11) is 0. The average molecular weight is 239 g/mol. The van der Waals surface area contributed by atoms with E-state index in [1.165, 1.54) is 16.7 Å². The molecule has 18 heavy (non-hydrogen) atoms. The summed E-state index contributed by atoms with van der Waals surface area (Å²) in [6, 6.07) is 12.5. The summed E-state index contributed by atoms with van der Waals surface area (Å²) in [6.45, 7) is 3.97. The molecule has 0 saturated heterocycles. The fraction of sp³-hybridized carbons (Fsp3) is 0.267. The van der Waals surface area contributed by atoms with Crippen LogP contribution in [0.15, 0.2) is 36.4 Å². The van der Waals surface area contributed by atoms with Gasteiger partial charge in [-0.15, -0.1) is 0 Å². The van der Waals surface area contributed by atoms with Crippen LogP contribution in [0.25, 0.3) is 0 Å². The number of benzene rings is 1. The lowest BCUT2D eigenvalue weighted by Gasteiger charge is -2.09. The number of pyridine rings is 1. The van der Waals surface area contributed by atoms with Crippen molar-refractivity contribution in [2.24, 2.45) is 0 Å². The Morgan fingerprint density at radius 2 is 2.11 bits per heavy atom. The summed E-state index contributed by atoms with van der Waals surface area (Å²) in [4.78, 5) is 4.61. The van der Waals surface area contributed by atoms with E-state index in [1.54, 1.807) is 0 Å². The molecule has 1 aromatic heterocycles. The van der Waals surface area contributed by atoms with Gasteiger partial charge in [0, 0.05) is 13.1 Å². The van der Waals surface area contributed by atoms with Crippen molar-refractivity contribution in [2.45, 2.75) is 19.9 Å². The zero-order valence-corrected chi connectivity index (χ0v) is 10.5. The minimum atomic E-state index is 0.812. The molecule has 0 spiro atoms. The summed E-state index contributed by atoms with van der Waals surface area (Å²) in [5.41, 5.74) is 3.95. The Kier molecular flexibility index (Phi) is 2.89. The third kappa shape index (κ3) is 2.16. The van der Waals surface area contributed by atoms with Gasteiger partial charge in [-0.1, -0.05) is 30.3 Å². The lowest BCUT2D eigenvalue weighted by Crippen LogP contribution is -2.03. The number of anilines is 2. The van der Waals surface area contributed by atoms with Gasteiger partial charge in [0.1, 0.15) is 11.6 Å². The van der Waals surface area contributed by atoms with Crippen LogP contribution in [-0.2, 0) is 13.0 Å². The molecule has 0 fully saturated rings. The van der Waals surface area contributed by atoms with Gasteiger partial charge in [-0.25, -0.2) is 4.98 Å². The maximum absolute atomic E-state index is 4.61. The molecule has 0 unspecified atom stereocenters. The molecule has 0 amide bonds. The minimum Gasteiger partial charge on any atom is -0.369 e. The maximum atomic E-state index is 4.61. The zero-order chi connectivity index (χ0) is 12.4. The Morgan fingerprint density at radius 1 is 1.28 bits per heavy atom. The van der Waals surface area contributed by atoms with E-state index >= 15 is 0 Å². The van der Waals surface area contributed by atoms with Gasteiger partial charge in [0.15, 0.2) is 0 Å². The first kappa shape index (κ1) is 11.1. The van der Waals surface area contributed by atoms with Crippen molar-refractivity contribution in [1.29, 1.82) is 0 Å². The Morgan fingerprint density at radius 3 is 2.94 bits per heavy atom. The Bertz CT molecular complexity index is 549. The Labute approximate surface area is 107 Å². The van der Waals surface area contributed by atoms with E-state index in [-0.39, 0.29) is 0 Å². The first-order chi connectivity index (χ1) is 8.83. The van der Waals surface area contributed by atoms with Crippen LogP contribution in [0.2, 0.25) is 0 Å². The summed E-state index contributed by atoms with van der Waals surface area (Å²) in [5, 5.41) is 6.71. The first-order valence-corrected chi connectivity index (χ1v) is 6.35. The number of nitrogens with one attached hydrogen (secondary N) is 2. The van der Waals surface area contributed by atoms with E-state index in [1.807, 2.05) is 6.07 Å². The first-order valence-electron chi connectivity index (χ1n) is 6.35. The van der Waals surface area contributed by atoms with Gasteiger partial charge in [0.25, 0.3) is 0 Å². The number of hydrogen-bond acceptors (Lipinski definition) is 3.